The first-order chi connectivity index (χ1) is 7.81. The normalized spacial score (nSPS) is 21.2. The first-order valence-corrected chi connectivity index (χ1v) is 6.60. The molecule has 2 aliphatic rings. The lowest BCUT2D eigenvalue weighted by Crippen LogP contribution is -2.16. The van der Waals surface area contributed by atoms with Gasteiger partial charge in [-0.05, 0) is 25.7 Å². The van der Waals surface area contributed by atoms with Gasteiger partial charge in [0.05, 0.1) is 0 Å². The fourth-order valence-corrected chi connectivity index (χ4v) is 2.61. The summed E-state index contributed by atoms with van der Waals surface area (Å²) in [7, 11) is 0. The number of rotatable bonds is 3. The fraction of sp³-hybridized carbons (Fsp3) is 0.667. The number of nitrogens with one attached hydrogen (secondary N) is 2. The molecular formula is C12H17N3S. The molecule has 2 N–H and O–H groups in total. The van der Waals surface area contributed by atoms with E-state index in [4.69, 9.17) is 12.2 Å². The second-order valence-electron chi connectivity index (χ2n) is 4.92. The van der Waals surface area contributed by atoms with E-state index in [9.17, 15) is 0 Å². The Balaban J connectivity index is 1.79. The zero-order valence-corrected chi connectivity index (χ0v) is 10.1. The molecule has 2 aliphatic carbocycles. The van der Waals surface area contributed by atoms with Gasteiger partial charge in [-0.15, -0.1) is 0 Å². The molecule has 4 heteroatoms. The van der Waals surface area contributed by atoms with Gasteiger partial charge in [0.2, 0.25) is 0 Å². The van der Waals surface area contributed by atoms with Crippen LogP contribution in [0.2, 0.25) is 0 Å². The van der Waals surface area contributed by atoms with E-state index >= 15 is 0 Å². The first-order valence-electron chi connectivity index (χ1n) is 6.19. The van der Waals surface area contributed by atoms with E-state index in [1.54, 1.807) is 0 Å². The highest BCUT2D eigenvalue weighted by Gasteiger charge is 2.26. The van der Waals surface area contributed by atoms with Crippen LogP contribution in [0.1, 0.15) is 50.3 Å². The van der Waals surface area contributed by atoms with Crippen molar-refractivity contribution in [3.8, 4) is 0 Å². The molecule has 1 aromatic rings. The highest BCUT2D eigenvalue weighted by molar-refractivity contribution is 7.71. The summed E-state index contributed by atoms with van der Waals surface area (Å²) in [5, 5.41) is 3.54. The Hall–Kier alpha value is -0.900. The number of aromatic nitrogens is 2. The van der Waals surface area contributed by atoms with Gasteiger partial charge in [-0.1, -0.05) is 25.1 Å². The van der Waals surface area contributed by atoms with Crippen molar-refractivity contribution >= 4 is 18.0 Å². The number of hydrogen-bond donors (Lipinski definition) is 2. The van der Waals surface area contributed by atoms with Gasteiger partial charge in [0.25, 0.3) is 0 Å². The third-order valence-electron chi connectivity index (χ3n) is 3.44. The molecule has 3 rings (SSSR count). The molecule has 0 saturated heterocycles. The second-order valence-corrected chi connectivity index (χ2v) is 5.34. The zero-order chi connectivity index (χ0) is 11.0. The van der Waals surface area contributed by atoms with E-state index in [1.807, 2.05) is 6.07 Å². The fourth-order valence-electron chi connectivity index (χ4n) is 2.39. The maximum absolute atomic E-state index is 5.20. The maximum atomic E-state index is 5.20. The minimum atomic E-state index is 0.625. The average Bonchev–Trinajstić information content (AvgIpc) is 2.98. The molecule has 16 heavy (non-hydrogen) atoms. The van der Waals surface area contributed by atoms with Crippen LogP contribution in [0.15, 0.2) is 6.07 Å². The van der Waals surface area contributed by atoms with Crippen LogP contribution in [0.4, 0.5) is 5.82 Å². The Labute approximate surface area is 101 Å². The molecule has 1 heterocycles. The molecule has 1 aromatic heterocycles. The van der Waals surface area contributed by atoms with Gasteiger partial charge in [-0.2, -0.15) is 0 Å². The Morgan fingerprint density at radius 2 is 2.00 bits per heavy atom. The summed E-state index contributed by atoms with van der Waals surface area (Å²) < 4.78 is 0.709. The molecule has 0 aromatic carbocycles. The molecule has 86 valence electrons. The lowest BCUT2D eigenvalue weighted by Gasteiger charge is -2.14. The van der Waals surface area contributed by atoms with Crippen molar-refractivity contribution in [2.24, 2.45) is 0 Å². The number of H-pyrrole nitrogens is 1. The van der Waals surface area contributed by atoms with Crippen LogP contribution in [0.3, 0.4) is 0 Å². The van der Waals surface area contributed by atoms with Crippen molar-refractivity contribution in [3.05, 3.63) is 16.5 Å². The van der Waals surface area contributed by atoms with Crippen molar-refractivity contribution in [1.82, 2.24) is 9.97 Å². The van der Waals surface area contributed by atoms with Crippen LogP contribution in [0, 0.1) is 4.64 Å². The summed E-state index contributed by atoms with van der Waals surface area (Å²) >= 11 is 5.20. The number of nitrogens with zero attached hydrogens (tertiary/aromatic N) is 1. The van der Waals surface area contributed by atoms with Crippen molar-refractivity contribution in [2.45, 2.75) is 50.5 Å². The summed E-state index contributed by atoms with van der Waals surface area (Å²) in [5.74, 6) is 2.77. The van der Waals surface area contributed by atoms with E-state index in [-0.39, 0.29) is 0 Å². The molecule has 3 nitrogen and oxygen atoms in total. The Morgan fingerprint density at radius 3 is 2.69 bits per heavy atom. The summed E-state index contributed by atoms with van der Waals surface area (Å²) in [4.78, 5) is 7.77. The molecule has 2 fully saturated rings. The standard InChI is InChI=1S/C12H17N3S/c16-11-7-10(13-9-3-1-2-4-9)14-12(15-11)8-5-6-8/h7-9H,1-6H2,(H2,13,14,15,16). The molecule has 0 bridgehead atoms. The third-order valence-corrected chi connectivity index (χ3v) is 3.65. The number of hydrogen-bond acceptors (Lipinski definition) is 3. The molecule has 0 radical (unpaired) electrons. The van der Waals surface area contributed by atoms with E-state index in [0.29, 0.717) is 16.6 Å². The summed E-state index contributed by atoms with van der Waals surface area (Å²) in [5.41, 5.74) is 0. The second kappa shape index (κ2) is 4.17. The smallest absolute Gasteiger partial charge is 0.131 e. The van der Waals surface area contributed by atoms with Crippen LogP contribution in [-0.2, 0) is 0 Å². The van der Waals surface area contributed by atoms with Crippen LogP contribution in [0.5, 0.6) is 0 Å². The molecule has 0 aliphatic heterocycles. The van der Waals surface area contributed by atoms with Crippen LogP contribution >= 0.6 is 12.2 Å². The summed E-state index contributed by atoms with van der Waals surface area (Å²) in [6.07, 6.45) is 7.76. The predicted octanol–water partition coefficient (Wildman–Crippen LogP) is 3.37. The van der Waals surface area contributed by atoms with Gasteiger partial charge in [0.15, 0.2) is 0 Å². The van der Waals surface area contributed by atoms with Gasteiger partial charge in [0.1, 0.15) is 16.3 Å². The van der Waals surface area contributed by atoms with Crippen molar-refractivity contribution < 1.29 is 0 Å². The molecule has 0 spiro atoms. The van der Waals surface area contributed by atoms with Gasteiger partial charge in [0, 0.05) is 18.0 Å². The highest BCUT2D eigenvalue weighted by atomic mass is 32.1. The topological polar surface area (TPSA) is 40.7 Å². The molecule has 0 atom stereocenters. The lowest BCUT2D eigenvalue weighted by atomic mass is 10.2. The lowest BCUT2D eigenvalue weighted by molar-refractivity contribution is 0.746. The zero-order valence-electron chi connectivity index (χ0n) is 9.33. The van der Waals surface area contributed by atoms with Gasteiger partial charge in [-0.3, -0.25) is 0 Å². The largest absolute Gasteiger partial charge is 0.369 e. The highest BCUT2D eigenvalue weighted by Crippen LogP contribution is 2.38. The molecule has 0 unspecified atom stereocenters. The first kappa shape index (κ1) is 10.3. The van der Waals surface area contributed by atoms with Gasteiger partial charge < -0.3 is 10.3 Å². The minimum Gasteiger partial charge on any atom is -0.369 e. The molecular weight excluding hydrogens is 218 g/mol. The van der Waals surface area contributed by atoms with E-state index < -0.39 is 0 Å². The van der Waals surface area contributed by atoms with Crippen molar-refractivity contribution in [1.29, 1.82) is 0 Å². The predicted molar refractivity (Wildman–Crippen MR) is 67.3 cm³/mol. The minimum absolute atomic E-state index is 0.625. The Kier molecular flexibility index (Phi) is 2.67. The van der Waals surface area contributed by atoms with E-state index in [1.165, 1.54) is 38.5 Å². The Bertz CT molecular complexity index is 430. The van der Waals surface area contributed by atoms with Crippen LogP contribution < -0.4 is 5.32 Å². The quantitative estimate of drug-likeness (QED) is 0.789. The third kappa shape index (κ3) is 2.26. The Morgan fingerprint density at radius 1 is 1.25 bits per heavy atom. The summed E-state index contributed by atoms with van der Waals surface area (Å²) in [6, 6.07) is 2.57. The van der Waals surface area contributed by atoms with E-state index in [2.05, 4.69) is 15.3 Å². The van der Waals surface area contributed by atoms with E-state index in [0.717, 1.165) is 11.6 Å². The monoisotopic (exact) mass is 235 g/mol. The van der Waals surface area contributed by atoms with Crippen molar-refractivity contribution in [2.75, 3.05) is 5.32 Å². The SMILES string of the molecule is S=c1cc(NC2CCCC2)[nH]c(C2CC2)n1. The van der Waals surface area contributed by atoms with Gasteiger partial charge in [-0.25, -0.2) is 4.98 Å². The maximum Gasteiger partial charge on any atom is 0.131 e. The van der Waals surface area contributed by atoms with Crippen LogP contribution in [-0.4, -0.2) is 16.0 Å². The molecule has 0 amide bonds. The average molecular weight is 235 g/mol. The summed E-state index contributed by atoms with van der Waals surface area (Å²) in [6.45, 7) is 0. The van der Waals surface area contributed by atoms with Crippen molar-refractivity contribution in [3.63, 3.8) is 0 Å². The van der Waals surface area contributed by atoms with Crippen LogP contribution in [0.25, 0.3) is 0 Å². The van der Waals surface area contributed by atoms with Gasteiger partial charge >= 0.3 is 0 Å². The number of aromatic amines is 1. The molecule has 2 saturated carbocycles. The number of anilines is 1.